The van der Waals surface area contributed by atoms with Crippen LogP contribution in [0.5, 0.6) is 0 Å². The zero-order chi connectivity index (χ0) is 17.6. The van der Waals surface area contributed by atoms with E-state index in [0.717, 1.165) is 5.56 Å². The SMILES string of the molecule is CC(C)CC(CC(=O)N1CCOCC1)(Cc1ccccc1)C(=O)O. The van der Waals surface area contributed by atoms with Crippen molar-refractivity contribution in [2.45, 2.75) is 33.1 Å². The molecule has 5 heteroatoms. The second-order valence-corrected chi connectivity index (χ2v) is 7.02. The third-order valence-corrected chi connectivity index (χ3v) is 4.49. The Labute approximate surface area is 143 Å². The van der Waals surface area contributed by atoms with Crippen LogP contribution in [0.2, 0.25) is 0 Å². The Morgan fingerprint density at radius 2 is 1.83 bits per heavy atom. The van der Waals surface area contributed by atoms with Gasteiger partial charge >= 0.3 is 5.97 Å². The molecule has 0 radical (unpaired) electrons. The first-order valence-corrected chi connectivity index (χ1v) is 8.56. The quantitative estimate of drug-likeness (QED) is 0.833. The number of carbonyl (C=O) groups is 2. The number of carboxylic acids is 1. The van der Waals surface area contributed by atoms with E-state index in [-0.39, 0.29) is 18.2 Å². The van der Waals surface area contributed by atoms with E-state index in [9.17, 15) is 14.7 Å². The van der Waals surface area contributed by atoms with Crippen molar-refractivity contribution in [3.63, 3.8) is 0 Å². The van der Waals surface area contributed by atoms with E-state index in [2.05, 4.69) is 0 Å². The molecule has 1 fully saturated rings. The minimum absolute atomic E-state index is 0.0371. The van der Waals surface area contributed by atoms with Crippen LogP contribution in [0, 0.1) is 11.3 Å². The number of nitrogens with zero attached hydrogens (tertiary/aromatic N) is 1. The van der Waals surface area contributed by atoms with E-state index in [4.69, 9.17) is 4.74 Å². The molecule has 1 unspecified atom stereocenters. The van der Waals surface area contributed by atoms with Crippen molar-refractivity contribution in [1.29, 1.82) is 0 Å². The van der Waals surface area contributed by atoms with Crippen LogP contribution in [0.1, 0.15) is 32.3 Å². The van der Waals surface area contributed by atoms with Gasteiger partial charge in [0.05, 0.1) is 18.6 Å². The second kappa shape index (κ2) is 8.29. The van der Waals surface area contributed by atoms with Crippen molar-refractivity contribution in [1.82, 2.24) is 4.90 Å². The van der Waals surface area contributed by atoms with Crippen LogP contribution >= 0.6 is 0 Å². The number of benzene rings is 1. The van der Waals surface area contributed by atoms with Crippen molar-refractivity contribution >= 4 is 11.9 Å². The molecule has 1 N–H and O–H groups in total. The maximum Gasteiger partial charge on any atom is 0.310 e. The van der Waals surface area contributed by atoms with Gasteiger partial charge < -0.3 is 14.7 Å². The van der Waals surface area contributed by atoms with Crippen molar-refractivity contribution in [3.05, 3.63) is 35.9 Å². The molecule has 1 heterocycles. The van der Waals surface area contributed by atoms with Crippen LogP contribution in [0.4, 0.5) is 0 Å². The van der Waals surface area contributed by atoms with Crippen LogP contribution in [0.15, 0.2) is 30.3 Å². The Morgan fingerprint density at radius 1 is 1.21 bits per heavy atom. The highest BCUT2D eigenvalue weighted by atomic mass is 16.5. The molecule has 0 spiro atoms. The van der Waals surface area contributed by atoms with Gasteiger partial charge in [0.1, 0.15) is 0 Å². The Bertz CT molecular complexity index is 552. The van der Waals surface area contributed by atoms with Crippen LogP contribution in [-0.2, 0) is 20.7 Å². The normalized spacial score (nSPS) is 17.5. The first-order chi connectivity index (χ1) is 11.4. The summed E-state index contributed by atoms with van der Waals surface area (Å²) < 4.78 is 5.28. The van der Waals surface area contributed by atoms with Gasteiger partial charge in [0.15, 0.2) is 0 Å². The van der Waals surface area contributed by atoms with E-state index in [1.54, 1.807) is 4.90 Å². The average molecular weight is 333 g/mol. The topological polar surface area (TPSA) is 66.8 Å². The number of carbonyl (C=O) groups excluding carboxylic acids is 1. The van der Waals surface area contributed by atoms with E-state index in [1.165, 1.54) is 0 Å². The largest absolute Gasteiger partial charge is 0.481 e. The van der Waals surface area contributed by atoms with Gasteiger partial charge in [-0.1, -0.05) is 44.2 Å². The van der Waals surface area contributed by atoms with Crippen molar-refractivity contribution in [3.8, 4) is 0 Å². The lowest BCUT2D eigenvalue weighted by Gasteiger charge is -2.34. The minimum atomic E-state index is -1.06. The number of carboxylic acid groups (broad SMARTS) is 1. The highest BCUT2D eigenvalue weighted by Crippen LogP contribution is 2.36. The number of rotatable bonds is 7. The lowest BCUT2D eigenvalue weighted by Crippen LogP contribution is -2.45. The summed E-state index contributed by atoms with van der Waals surface area (Å²) >= 11 is 0. The summed E-state index contributed by atoms with van der Waals surface area (Å²) in [6.45, 7) is 6.14. The van der Waals surface area contributed by atoms with E-state index in [0.29, 0.717) is 39.1 Å². The number of amides is 1. The number of aliphatic carboxylic acids is 1. The molecule has 2 rings (SSSR count). The molecule has 1 aromatic carbocycles. The predicted molar refractivity (Wildman–Crippen MR) is 91.7 cm³/mol. The Balaban J connectivity index is 2.22. The molecule has 1 aromatic rings. The third-order valence-electron chi connectivity index (χ3n) is 4.49. The molecule has 5 nitrogen and oxygen atoms in total. The molecule has 0 saturated carbocycles. The first-order valence-electron chi connectivity index (χ1n) is 8.56. The highest BCUT2D eigenvalue weighted by molar-refractivity contribution is 5.85. The van der Waals surface area contributed by atoms with Crippen molar-refractivity contribution in [2.24, 2.45) is 11.3 Å². The lowest BCUT2D eigenvalue weighted by molar-refractivity contribution is -0.156. The standard InChI is InChI=1S/C19H27NO4/c1-15(2)12-19(18(22)23,13-16-6-4-3-5-7-16)14-17(21)20-8-10-24-11-9-20/h3-7,15H,8-14H2,1-2H3,(H,22,23). The molecule has 1 atom stereocenters. The molecule has 1 aliphatic heterocycles. The molecule has 0 bridgehead atoms. The molecular formula is C19H27NO4. The maximum absolute atomic E-state index is 12.7. The second-order valence-electron chi connectivity index (χ2n) is 7.02. The van der Waals surface area contributed by atoms with Gasteiger partial charge in [0.25, 0.3) is 0 Å². The highest BCUT2D eigenvalue weighted by Gasteiger charge is 2.42. The van der Waals surface area contributed by atoms with E-state index >= 15 is 0 Å². The summed E-state index contributed by atoms with van der Waals surface area (Å²) in [7, 11) is 0. The molecule has 24 heavy (non-hydrogen) atoms. The zero-order valence-corrected chi connectivity index (χ0v) is 14.5. The summed E-state index contributed by atoms with van der Waals surface area (Å²) in [5.74, 6) is -0.777. The summed E-state index contributed by atoms with van der Waals surface area (Å²) in [4.78, 5) is 26.6. The van der Waals surface area contributed by atoms with Gasteiger partial charge in [0.2, 0.25) is 5.91 Å². The lowest BCUT2D eigenvalue weighted by atomic mass is 9.72. The summed E-state index contributed by atoms with van der Waals surface area (Å²) in [5.41, 5.74) is -0.111. The molecule has 132 valence electrons. The molecule has 1 amide bonds. The zero-order valence-electron chi connectivity index (χ0n) is 14.5. The Kier molecular flexibility index (Phi) is 6.37. The monoisotopic (exact) mass is 333 g/mol. The van der Waals surface area contributed by atoms with E-state index in [1.807, 2.05) is 44.2 Å². The van der Waals surface area contributed by atoms with E-state index < -0.39 is 11.4 Å². The van der Waals surface area contributed by atoms with Crippen LogP contribution in [0.25, 0.3) is 0 Å². The van der Waals surface area contributed by atoms with Crippen LogP contribution < -0.4 is 0 Å². The maximum atomic E-state index is 12.7. The van der Waals surface area contributed by atoms with Gasteiger partial charge in [-0.15, -0.1) is 0 Å². The Morgan fingerprint density at radius 3 is 2.38 bits per heavy atom. The fraction of sp³-hybridized carbons (Fsp3) is 0.579. The fourth-order valence-electron chi connectivity index (χ4n) is 3.43. The summed E-state index contributed by atoms with van der Waals surface area (Å²) in [6.07, 6.45) is 0.889. The van der Waals surface area contributed by atoms with Crippen LogP contribution in [-0.4, -0.2) is 48.2 Å². The number of hydrogen-bond acceptors (Lipinski definition) is 3. The number of ether oxygens (including phenoxy) is 1. The molecule has 1 aliphatic rings. The van der Waals surface area contributed by atoms with Gasteiger partial charge in [-0.2, -0.15) is 0 Å². The third kappa shape index (κ3) is 4.81. The van der Waals surface area contributed by atoms with Gasteiger partial charge in [0, 0.05) is 19.5 Å². The smallest absolute Gasteiger partial charge is 0.310 e. The predicted octanol–water partition coefficient (Wildman–Crippen LogP) is 2.60. The fourth-order valence-corrected chi connectivity index (χ4v) is 3.43. The van der Waals surface area contributed by atoms with Gasteiger partial charge in [-0.25, -0.2) is 0 Å². The average Bonchev–Trinajstić information content (AvgIpc) is 2.55. The molecule has 0 aliphatic carbocycles. The number of hydrogen-bond donors (Lipinski definition) is 1. The molecule has 1 saturated heterocycles. The van der Waals surface area contributed by atoms with Crippen molar-refractivity contribution < 1.29 is 19.4 Å². The van der Waals surface area contributed by atoms with Crippen molar-refractivity contribution in [2.75, 3.05) is 26.3 Å². The molecular weight excluding hydrogens is 306 g/mol. The number of morpholine rings is 1. The molecule has 0 aromatic heterocycles. The van der Waals surface area contributed by atoms with Gasteiger partial charge in [-0.3, -0.25) is 9.59 Å². The first kappa shape index (κ1) is 18.5. The summed E-state index contributed by atoms with van der Waals surface area (Å²) in [5, 5.41) is 9.99. The Hall–Kier alpha value is -1.88. The summed E-state index contributed by atoms with van der Waals surface area (Å²) in [6, 6.07) is 9.57. The minimum Gasteiger partial charge on any atom is -0.481 e. The van der Waals surface area contributed by atoms with Gasteiger partial charge in [-0.05, 0) is 24.3 Å². The van der Waals surface area contributed by atoms with Crippen LogP contribution in [0.3, 0.4) is 0 Å².